The van der Waals surface area contributed by atoms with Crippen LogP contribution in [0.25, 0.3) is 16.8 Å². The molecule has 0 unspecified atom stereocenters. The number of carbonyl (C=O) groups is 1. The first kappa shape index (κ1) is 24.8. The van der Waals surface area contributed by atoms with E-state index in [4.69, 9.17) is 9.47 Å². The number of pyridine rings is 1. The van der Waals surface area contributed by atoms with Crippen LogP contribution >= 0.6 is 0 Å². The number of methoxy groups -OCH3 is 1. The topological polar surface area (TPSA) is 107 Å². The minimum Gasteiger partial charge on any atom is -0.494 e. The van der Waals surface area contributed by atoms with E-state index in [-0.39, 0.29) is 17.8 Å². The van der Waals surface area contributed by atoms with Crippen LogP contribution in [0.1, 0.15) is 44.5 Å². The molecule has 4 heterocycles. The fourth-order valence-corrected chi connectivity index (χ4v) is 4.20. The number of aliphatic hydroxyl groups excluding tert-OH is 1. The molecule has 4 rings (SSSR count). The fourth-order valence-electron chi connectivity index (χ4n) is 4.20. The molecule has 13 heteroatoms. The lowest BCUT2D eigenvalue weighted by Crippen LogP contribution is -2.49. The number of ether oxygens (including phenoxy) is 2. The molecule has 0 aromatic carbocycles. The van der Waals surface area contributed by atoms with Crippen LogP contribution in [0.4, 0.5) is 18.0 Å². The van der Waals surface area contributed by atoms with Crippen LogP contribution in [0, 0.1) is 6.92 Å². The van der Waals surface area contributed by atoms with Crippen molar-refractivity contribution >= 4 is 11.6 Å². The first-order valence-electron chi connectivity index (χ1n) is 11.0. The number of carbonyl (C=O) groups excluding carboxylic acids is 1. The SMILES string of the molecule is COc1cc(-c2nnn([C@@H]3CCN(C(=O)OC(C)(C)C)C[C@@H]3O)c2C)cn2ncc(C(F)(F)F)c12. The lowest BCUT2D eigenvalue weighted by atomic mass is 10.0. The van der Waals surface area contributed by atoms with E-state index in [0.29, 0.717) is 29.9 Å². The first-order valence-corrected chi connectivity index (χ1v) is 11.0. The Morgan fingerprint density at radius 3 is 2.57 bits per heavy atom. The van der Waals surface area contributed by atoms with Gasteiger partial charge in [-0.2, -0.15) is 18.3 Å². The lowest BCUT2D eigenvalue weighted by Gasteiger charge is -2.36. The van der Waals surface area contributed by atoms with E-state index >= 15 is 0 Å². The summed E-state index contributed by atoms with van der Waals surface area (Å²) in [5, 5.41) is 23.0. The predicted molar refractivity (Wildman–Crippen MR) is 118 cm³/mol. The largest absolute Gasteiger partial charge is 0.494 e. The number of aromatic nitrogens is 5. The zero-order valence-electron chi connectivity index (χ0n) is 20.0. The van der Waals surface area contributed by atoms with Gasteiger partial charge < -0.3 is 19.5 Å². The van der Waals surface area contributed by atoms with E-state index in [9.17, 15) is 23.1 Å². The van der Waals surface area contributed by atoms with Crippen LogP contribution < -0.4 is 4.74 Å². The van der Waals surface area contributed by atoms with Gasteiger partial charge in [-0.3, -0.25) is 0 Å². The maximum absolute atomic E-state index is 13.4. The summed E-state index contributed by atoms with van der Waals surface area (Å²) in [6.07, 6.45) is -3.40. The van der Waals surface area contributed by atoms with Gasteiger partial charge in [0, 0.05) is 18.3 Å². The molecule has 0 bridgehead atoms. The highest BCUT2D eigenvalue weighted by molar-refractivity contribution is 5.73. The number of β-amino-alcohol motifs (C(OH)–C–C–N with tert-alkyl or cyclic N) is 1. The van der Waals surface area contributed by atoms with Crippen LogP contribution in [0.5, 0.6) is 5.75 Å². The van der Waals surface area contributed by atoms with Gasteiger partial charge in [-0.25, -0.2) is 14.0 Å². The second kappa shape index (κ2) is 8.70. The number of fused-ring (bicyclic) bond motifs is 1. The third-order valence-corrected chi connectivity index (χ3v) is 5.82. The van der Waals surface area contributed by atoms with Crippen LogP contribution in [-0.2, 0) is 10.9 Å². The molecule has 10 nitrogen and oxygen atoms in total. The zero-order valence-corrected chi connectivity index (χ0v) is 20.0. The number of hydrogen-bond acceptors (Lipinski definition) is 7. The van der Waals surface area contributed by atoms with Crippen molar-refractivity contribution in [3.05, 3.63) is 29.7 Å². The molecule has 0 aliphatic carbocycles. The smallest absolute Gasteiger partial charge is 0.420 e. The maximum Gasteiger partial charge on any atom is 0.420 e. The quantitative estimate of drug-likeness (QED) is 0.592. The molecule has 190 valence electrons. The number of hydrogen-bond donors (Lipinski definition) is 1. The number of alkyl halides is 3. The molecule has 1 N–H and O–H groups in total. The lowest BCUT2D eigenvalue weighted by molar-refractivity contribution is -0.136. The minimum absolute atomic E-state index is 0.00743. The van der Waals surface area contributed by atoms with E-state index in [2.05, 4.69) is 15.4 Å². The maximum atomic E-state index is 13.4. The Kier molecular flexibility index (Phi) is 6.16. The van der Waals surface area contributed by atoms with Crippen LogP contribution in [0.15, 0.2) is 18.5 Å². The number of nitrogens with zero attached hydrogens (tertiary/aromatic N) is 6. The second-order valence-electron chi connectivity index (χ2n) is 9.46. The van der Waals surface area contributed by atoms with Crippen molar-refractivity contribution < 1.29 is 32.5 Å². The van der Waals surface area contributed by atoms with E-state index in [1.54, 1.807) is 32.4 Å². The predicted octanol–water partition coefficient (Wildman–Crippen LogP) is 3.47. The average Bonchev–Trinajstić information content (AvgIpc) is 3.35. The first-order chi connectivity index (χ1) is 16.3. The number of piperidine rings is 1. The zero-order chi connectivity index (χ0) is 25.7. The van der Waals surface area contributed by atoms with E-state index < -0.39 is 35.6 Å². The average molecular weight is 496 g/mol. The number of halogens is 3. The molecule has 0 spiro atoms. The van der Waals surface area contributed by atoms with Gasteiger partial charge in [-0.1, -0.05) is 5.21 Å². The molecule has 2 atom stereocenters. The summed E-state index contributed by atoms with van der Waals surface area (Å²) >= 11 is 0. The van der Waals surface area contributed by atoms with Gasteiger partial charge in [-0.15, -0.1) is 5.10 Å². The van der Waals surface area contributed by atoms with Crippen molar-refractivity contribution in [2.45, 2.75) is 58.0 Å². The normalized spacial score (nSPS) is 19.3. The Labute approximate surface area is 199 Å². The Hall–Kier alpha value is -3.35. The van der Waals surface area contributed by atoms with Gasteiger partial charge in [0.2, 0.25) is 0 Å². The van der Waals surface area contributed by atoms with E-state index in [1.165, 1.54) is 24.3 Å². The summed E-state index contributed by atoms with van der Waals surface area (Å²) in [5.74, 6) is -0.00743. The van der Waals surface area contributed by atoms with Crippen LogP contribution in [0.2, 0.25) is 0 Å². The molecular formula is C22H27F3N6O4. The molecular weight excluding hydrogens is 469 g/mol. The molecule has 35 heavy (non-hydrogen) atoms. The number of likely N-dealkylation sites (tertiary alicyclic amines) is 1. The Bertz CT molecular complexity index is 1250. The van der Waals surface area contributed by atoms with Crippen molar-refractivity contribution in [2.24, 2.45) is 0 Å². The second-order valence-corrected chi connectivity index (χ2v) is 9.46. The molecule has 1 aliphatic rings. The highest BCUT2D eigenvalue weighted by atomic mass is 19.4. The van der Waals surface area contributed by atoms with Crippen molar-refractivity contribution in [1.82, 2.24) is 29.5 Å². The summed E-state index contributed by atoms with van der Waals surface area (Å²) in [7, 11) is 1.28. The van der Waals surface area contributed by atoms with E-state index in [1.807, 2.05) is 0 Å². The highest BCUT2D eigenvalue weighted by Crippen LogP contribution is 2.38. The molecule has 1 fully saturated rings. The molecule has 0 saturated carbocycles. The van der Waals surface area contributed by atoms with E-state index in [0.717, 1.165) is 10.7 Å². The number of amides is 1. The fraction of sp³-hybridized carbons (Fsp3) is 0.545. The van der Waals surface area contributed by atoms with Crippen LogP contribution in [-0.4, -0.2) is 72.6 Å². The Morgan fingerprint density at radius 2 is 1.97 bits per heavy atom. The van der Waals surface area contributed by atoms with Crippen molar-refractivity contribution in [2.75, 3.05) is 20.2 Å². The molecule has 1 aliphatic heterocycles. The Balaban J connectivity index is 1.61. The standard InChI is InChI=1S/C22H27F3N6O4/c1-12-18(13-8-17(34-5)19-14(22(23,24)25)9-26-30(19)10-13)27-28-31(12)15-6-7-29(11-16(15)32)20(33)35-21(2,3)4/h8-10,15-16,32H,6-7,11H2,1-5H3/t15-,16+/m1/s1. The summed E-state index contributed by atoms with van der Waals surface area (Å²) < 4.78 is 53.4. The highest BCUT2D eigenvalue weighted by Gasteiger charge is 2.37. The summed E-state index contributed by atoms with van der Waals surface area (Å²) in [4.78, 5) is 13.8. The Morgan fingerprint density at radius 1 is 1.26 bits per heavy atom. The van der Waals surface area contributed by atoms with Gasteiger partial charge in [-0.05, 0) is 40.2 Å². The van der Waals surface area contributed by atoms with Crippen molar-refractivity contribution in [3.8, 4) is 17.0 Å². The molecule has 1 saturated heterocycles. The number of rotatable bonds is 3. The summed E-state index contributed by atoms with van der Waals surface area (Å²) in [5.41, 5.74) is -0.274. The van der Waals surface area contributed by atoms with Gasteiger partial charge in [0.15, 0.2) is 0 Å². The number of aliphatic hydroxyl groups is 1. The van der Waals surface area contributed by atoms with Gasteiger partial charge in [0.25, 0.3) is 0 Å². The summed E-state index contributed by atoms with van der Waals surface area (Å²) in [6, 6.07) is 1.01. The van der Waals surface area contributed by atoms with Gasteiger partial charge in [0.05, 0.1) is 37.7 Å². The van der Waals surface area contributed by atoms with Gasteiger partial charge in [0.1, 0.15) is 28.1 Å². The molecule has 3 aromatic rings. The molecule has 3 aromatic heterocycles. The third kappa shape index (κ3) is 4.77. The van der Waals surface area contributed by atoms with Crippen molar-refractivity contribution in [1.29, 1.82) is 0 Å². The van der Waals surface area contributed by atoms with Crippen LogP contribution in [0.3, 0.4) is 0 Å². The third-order valence-electron chi connectivity index (χ3n) is 5.82. The molecule has 1 amide bonds. The minimum atomic E-state index is -4.58. The molecule has 0 radical (unpaired) electrons. The summed E-state index contributed by atoms with van der Waals surface area (Å²) in [6.45, 7) is 7.50. The van der Waals surface area contributed by atoms with Gasteiger partial charge >= 0.3 is 12.3 Å². The van der Waals surface area contributed by atoms with Crippen molar-refractivity contribution in [3.63, 3.8) is 0 Å². The monoisotopic (exact) mass is 496 g/mol.